The Morgan fingerprint density at radius 1 is 1.62 bits per heavy atom. The summed E-state index contributed by atoms with van der Waals surface area (Å²) in [7, 11) is 1.54. The van der Waals surface area contributed by atoms with Crippen LogP contribution >= 0.6 is 15.9 Å². The summed E-state index contributed by atoms with van der Waals surface area (Å²) < 4.78 is 10.1. The van der Waals surface area contributed by atoms with Gasteiger partial charge in [0.1, 0.15) is 10.2 Å². The zero-order valence-electron chi connectivity index (χ0n) is 6.65. The first-order chi connectivity index (χ1) is 6.24. The van der Waals surface area contributed by atoms with Crippen molar-refractivity contribution in [1.29, 1.82) is 0 Å². The largest absolute Gasteiger partial charge is 0.495 e. The van der Waals surface area contributed by atoms with Gasteiger partial charge in [0.25, 0.3) is 5.52 Å². The minimum atomic E-state index is 0.347. The van der Waals surface area contributed by atoms with E-state index in [0.29, 0.717) is 26.2 Å². The van der Waals surface area contributed by atoms with Crippen LogP contribution in [-0.4, -0.2) is 12.3 Å². The van der Waals surface area contributed by atoms with Gasteiger partial charge in [0.15, 0.2) is 0 Å². The molecule has 6 heteroatoms. The first-order valence-corrected chi connectivity index (χ1v) is 4.25. The highest BCUT2D eigenvalue weighted by molar-refractivity contribution is 9.10. The second-order valence-electron chi connectivity index (χ2n) is 2.38. The molecule has 0 amide bonds. The quantitative estimate of drug-likeness (QED) is 0.709. The Morgan fingerprint density at radius 2 is 2.38 bits per heavy atom. The highest BCUT2D eigenvalue weighted by atomic mass is 79.9. The van der Waals surface area contributed by atoms with Gasteiger partial charge in [-0.05, 0) is 33.0 Å². The predicted molar refractivity (Wildman–Crippen MR) is 47.2 cm³/mol. The molecular formula is C7H5BrN2O3. The third-order valence-electron chi connectivity index (χ3n) is 1.68. The van der Waals surface area contributed by atoms with Crippen LogP contribution in [0.1, 0.15) is 0 Å². The van der Waals surface area contributed by atoms with E-state index in [4.69, 9.17) is 4.74 Å². The smallest absolute Gasteiger partial charge is 0.266 e. The molecule has 0 aliphatic rings. The van der Waals surface area contributed by atoms with Crippen LogP contribution < -0.4 is 9.64 Å². The van der Waals surface area contributed by atoms with Gasteiger partial charge in [0.2, 0.25) is 5.52 Å². The summed E-state index contributed by atoms with van der Waals surface area (Å²) in [5, 5.41) is 14.5. The van der Waals surface area contributed by atoms with E-state index in [1.54, 1.807) is 12.1 Å². The molecule has 0 saturated heterocycles. The summed E-state index contributed by atoms with van der Waals surface area (Å²) in [6.45, 7) is 0. The second-order valence-corrected chi connectivity index (χ2v) is 3.17. The maximum atomic E-state index is 11.0. The third-order valence-corrected chi connectivity index (χ3v) is 2.45. The van der Waals surface area contributed by atoms with Gasteiger partial charge in [-0.15, -0.1) is 0 Å². The predicted octanol–water partition coefficient (Wildman–Crippen LogP) is 1.23. The van der Waals surface area contributed by atoms with Crippen LogP contribution in [0.15, 0.2) is 21.2 Å². The lowest BCUT2D eigenvalue weighted by molar-refractivity contribution is -0.782. The van der Waals surface area contributed by atoms with Crippen LogP contribution in [0.5, 0.6) is 5.75 Å². The van der Waals surface area contributed by atoms with Crippen molar-refractivity contribution in [2.45, 2.75) is 0 Å². The van der Waals surface area contributed by atoms with Gasteiger partial charge < -0.3 is 9.94 Å². The number of rotatable bonds is 1. The Morgan fingerprint density at radius 3 is 3.08 bits per heavy atom. The number of methoxy groups -OCH3 is 1. The fourth-order valence-electron chi connectivity index (χ4n) is 1.05. The van der Waals surface area contributed by atoms with Crippen molar-refractivity contribution >= 4 is 27.0 Å². The summed E-state index contributed by atoms with van der Waals surface area (Å²) in [6.07, 6.45) is 0. The maximum Gasteiger partial charge on any atom is 0.266 e. The van der Waals surface area contributed by atoms with E-state index >= 15 is 0 Å². The van der Waals surface area contributed by atoms with E-state index in [0.717, 1.165) is 0 Å². The van der Waals surface area contributed by atoms with E-state index in [9.17, 15) is 5.21 Å². The molecule has 0 unspecified atom stereocenters. The molecule has 0 N–H and O–H groups in total. The van der Waals surface area contributed by atoms with Gasteiger partial charge in [-0.1, -0.05) is 0 Å². The minimum absolute atomic E-state index is 0.347. The van der Waals surface area contributed by atoms with E-state index in [1.165, 1.54) is 7.11 Å². The van der Waals surface area contributed by atoms with Crippen LogP contribution in [0.4, 0.5) is 0 Å². The van der Waals surface area contributed by atoms with Crippen molar-refractivity contribution in [1.82, 2.24) is 5.16 Å². The monoisotopic (exact) mass is 244 g/mol. The van der Waals surface area contributed by atoms with E-state index in [-0.39, 0.29) is 0 Å². The molecule has 1 aromatic carbocycles. The molecule has 5 nitrogen and oxygen atoms in total. The van der Waals surface area contributed by atoms with Crippen molar-refractivity contribution in [3.63, 3.8) is 0 Å². The van der Waals surface area contributed by atoms with Crippen molar-refractivity contribution < 1.29 is 14.3 Å². The molecule has 0 atom stereocenters. The number of ether oxygens (including phenoxy) is 1. The van der Waals surface area contributed by atoms with Gasteiger partial charge in [-0.3, -0.25) is 4.63 Å². The van der Waals surface area contributed by atoms with E-state index in [2.05, 4.69) is 25.7 Å². The third kappa shape index (κ3) is 1.14. The van der Waals surface area contributed by atoms with Crippen LogP contribution in [0.3, 0.4) is 0 Å². The molecule has 0 aliphatic heterocycles. The Hall–Kier alpha value is -1.30. The van der Waals surface area contributed by atoms with Gasteiger partial charge >= 0.3 is 0 Å². The maximum absolute atomic E-state index is 11.0. The second kappa shape index (κ2) is 2.88. The molecule has 1 heterocycles. The summed E-state index contributed by atoms with van der Waals surface area (Å²) in [4.78, 5) is 0.347. The number of benzene rings is 1. The average Bonchev–Trinajstić information content (AvgIpc) is 2.50. The zero-order valence-corrected chi connectivity index (χ0v) is 8.24. The van der Waals surface area contributed by atoms with Crippen LogP contribution in [0, 0.1) is 5.21 Å². The summed E-state index contributed by atoms with van der Waals surface area (Å²) >= 11 is 3.26. The summed E-state index contributed by atoms with van der Waals surface area (Å²) in [5.74, 6) is 0.612. The van der Waals surface area contributed by atoms with Gasteiger partial charge in [0, 0.05) is 5.16 Å². The van der Waals surface area contributed by atoms with Crippen LogP contribution in [0.2, 0.25) is 0 Å². The topological polar surface area (TPSA) is 62.2 Å². The molecule has 1 aromatic heterocycles. The van der Waals surface area contributed by atoms with Gasteiger partial charge in [-0.2, -0.15) is 0 Å². The number of nitrogens with zero attached hydrogens (tertiary/aromatic N) is 2. The van der Waals surface area contributed by atoms with Crippen LogP contribution in [0.25, 0.3) is 11.0 Å². The number of fused-ring (bicyclic) bond motifs is 1. The fourth-order valence-corrected chi connectivity index (χ4v) is 1.62. The first-order valence-electron chi connectivity index (χ1n) is 3.46. The number of hydrogen-bond donors (Lipinski definition) is 0. The molecule has 0 spiro atoms. The fraction of sp³-hybridized carbons (Fsp3) is 0.143. The number of aromatic nitrogens is 2. The molecule has 2 rings (SSSR count). The number of halogens is 1. The molecule has 0 bridgehead atoms. The van der Waals surface area contributed by atoms with Crippen molar-refractivity contribution in [3.05, 3.63) is 21.8 Å². The minimum Gasteiger partial charge on any atom is -0.495 e. The zero-order chi connectivity index (χ0) is 9.42. The molecule has 0 aliphatic carbocycles. The highest BCUT2D eigenvalue weighted by Gasteiger charge is 2.16. The molecule has 0 radical (unpaired) electrons. The Balaban J connectivity index is 2.80. The van der Waals surface area contributed by atoms with E-state index < -0.39 is 0 Å². The lowest BCUT2D eigenvalue weighted by atomic mass is 10.3. The van der Waals surface area contributed by atoms with Crippen molar-refractivity contribution in [3.8, 4) is 5.75 Å². The van der Waals surface area contributed by atoms with Crippen molar-refractivity contribution in [2.75, 3.05) is 7.11 Å². The Labute approximate surface area is 81.6 Å². The summed E-state index contributed by atoms with van der Waals surface area (Å²) in [5.41, 5.74) is 0.821. The SMILES string of the molecule is COc1ccc2c(no[n+]2[O-])c1Br. The Bertz CT molecular complexity index is 454. The standard InChI is InChI=1S/C7H5BrN2O3/c1-12-5-3-2-4-7(6(5)8)9-13-10(4)11/h2-3H,1H3. The normalized spacial score (nSPS) is 10.6. The summed E-state index contributed by atoms with van der Waals surface area (Å²) in [6, 6.07) is 3.25. The lowest BCUT2D eigenvalue weighted by Gasteiger charge is -1.98. The molecular weight excluding hydrogens is 240 g/mol. The number of hydrogen-bond acceptors (Lipinski definition) is 4. The van der Waals surface area contributed by atoms with Crippen molar-refractivity contribution in [2.24, 2.45) is 0 Å². The average molecular weight is 245 g/mol. The lowest BCUT2D eigenvalue weighted by Crippen LogP contribution is -2.22. The van der Waals surface area contributed by atoms with Gasteiger partial charge in [-0.25, -0.2) is 0 Å². The Kier molecular flexibility index (Phi) is 1.84. The van der Waals surface area contributed by atoms with E-state index in [1.807, 2.05) is 0 Å². The molecule has 0 saturated carbocycles. The van der Waals surface area contributed by atoms with Gasteiger partial charge in [0.05, 0.1) is 7.11 Å². The molecule has 2 aromatic rings. The molecule has 13 heavy (non-hydrogen) atoms. The first kappa shape index (κ1) is 8.31. The highest BCUT2D eigenvalue weighted by Crippen LogP contribution is 2.30. The molecule has 0 fully saturated rings. The molecule has 68 valence electrons. The van der Waals surface area contributed by atoms with Crippen LogP contribution in [-0.2, 0) is 0 Å².